The van der Waals surface area contributed by atoms with Crippen LogP contribution in [0, 0.1) is 11.7 Å². The van der Waals surface area contributed by atoms with Gasteiger partial charge in [0, 0.05) is 31.0 Å². The number of aromatic hydroxyl groups is 1. The van der Waals surface area contributed by atoms with E-state index in [4.69, 9.17) is 10.5 Å². The lowest BCUT2D eigenvalue weighted by Gasteiger charge is -2.24. The summed E-state index contributed by atoms with van der Waals surface area (Å²) in [5, 5.41) is 19.0. The van der Waals surface area contributed by atoms with Gasteiger partial charge in [-0.15, -0.1) is 0 Å². The molecule has 0 aliphatic carbocycles. The zero-order valence-corrected chi connectivity index (χ0v) is 17.0. The van der Waals surface area contributed by atoms with Crippen LogP contribution in [-0.2, 0) is 0 Å². The number of nitrogens with two attached hydrogens (primary N) is 1. The van der Waals surface area contributed by atoms with Crippen LogP contribution in [0.4, 0.5) is 10.1 Å². The number of halogens is 1. The first kappa shape index (κ1) is 20.7. The lowest BCUT2D eigenvalue weighted by atomic mass is 10.1. The zero-order valence-electron chi connectivity index (χ0n) is 17.0. The van der Waals surface area contributed by atoms with Crippen molar-refractivity contribution in [2.24, 2.45) is 11.7 Å². The minimum atomic E-state index is -1.43. The Labute approximate surface area is 176 Å². The van der Waals surface area contributed by atoms with Gasteiger partial charge in [0.15, 0.2) is 11.6 Å². The van der Waals surface area contributed by atoms with E-state index in [0.717, 1.165) is 6.07 Å². The third-order valence-corrected chi connectivity index (χ3v) is 5.72. The molecule has 0 amide bonds. The van der Waals surface area contributed by atoms with Gasteiger partial charge in [0.25, 0.3) is 0 Å². The highest BCUT2D eigenvalue weighted by atomic mass is 19.1. The topological polar surface area (TPSA) is 118 Å². The van der Waals surface area contributed by atoms with Gasteiger partial charge in [-0.25, -0.2) is 9.18 Å². The number of aromatic carboxylic acids is 1. The summed E-state index contributed by atoms with van der Waals surface area (Å²) in [5.74, 6) is -1.86. The number of anilines is 1. The number of hydrogen-bond donors (Lipinski definition) is 3. The molecule has 2 heterocycles. The summed E-state index contributed by atoms with van der Waals surface area (Å²) in [6, 6.07) is 6.87. The fourth-order valence-electron chi connectivity index (χ4n) is 4.05. The molecule has 2 atom stereocenters. The summed E-state index contributed by atoms with van der Waals surface area (Å²) >= 11 is 0. The van der Waals surface area contributed by atoms with Crippen molar-refractivity contribution in [1.29, 1.82) is 0 Å². The van der Waals surface area contributed by atoms with Crippen molar-refractivity contribution >= 4 is 22.6 Å². The van der Waals surface area contributed by atoms with Gasteiger partial charge < -0.3 is 30.2 Å². The first-order valence-electron chi connectivity index (χ1n) is 9.72. The number of phenols is 1. The van der Waals surface area contributed by atoms with E-state index < -0.39 is 22.8 Å². The first-order chi connectivity index (χ1) is 14.7. The van der Waals surface area contributed by atoms with Crippen molar-refractivity contribution in [2.75, 3.05) is 25.1 Å². The van der Waals surface area contributed by atoms with Crippen LogP contribution in [0.15, 0.2) is 41.3 Å². The van der Waals surface area contributed by atoms with Crippen molar-refractivity contribution in [1.82, 2.24) is 4.57 Å². The zero-order chi connectivity index (χ0) is 22.4. The fraction of sp³-hybridized carbons (Fsp3) is 0.273. The number of phenolic OH excluding ortho intramolecular Hbond substituents is 1. The summed E-state index contributed by atoms with van der Waals surface area (Å²) in [4.78, 5) is 26.3. The van der Waals surface area contributed by atoms with Gasteiger partial charge in [-0.3, -0.25) is 4.79 Å². The number of nitrogens with zero attached hydrogens (tertiary/aromatic N) is 2. The van der Waals surface area contributed by atoms with E-state index in [2.05, 4.69) is 0 Å². The largest absolute Gasteiger partial charge is 0.508 e. The molecule has 1 aliphatic rings. The van der Waals surface area contributed by atoms with Crippen LogP contribution >= 0.6 is 0 Å². The highest BCUT2D eigenvalue weighted by Crippen LogP contribution is 2.40. The molecule has 3 aromatic rings. The Morgan fingerprint density at radius 2 is 1.94 bits per heavy atom. The Bertz CT molecular complexity index is 1230. The third kappa shape index (κ3) is 3.36. The molecular weight excluding hydrogens is 405 g/mol. The Balaban J connectivity index is 2.11. The number of aromatic nitrogens is 1. The maximum atomic E-state index is 15.3. The molecule has 0 spiro atoms. The molecule has 0 unspecified atom stereocenters. The molecule has 31 heavy (non-hydrogen) atoms. The van der Waals surface area contributed by atoms with E-state index in [1.807, 2.05) is 6.92 Å². The van der Waals surface area contributed by atoms with Crippen molar-refractivity contribution in [3.05, 3.63) is 58.1 Å². The molecule has 9 heteroatoms. The van der Waals surface area contributed by atoms with Crippen molar-refractivity contribution < 1.29 is 24.1 Å². The monoisotopic (exact) mass is 427 g/mol. The summed E-state index contributed by atoms with van der Waals surface area (Å²) in [6.07, 6.45) is 1.18. The Kier molecular flexibility index (Phi) is 5.06. The van der Waals surface area contributed by atoms with E-state index in [-0.39, 0.29) is 40.0 Å². The van der Waals surface area contributed by atoms with E-state index >= 15 is 4.39 Å². The van der Waals surface area contributed by atoms with E-state index in [0.29, 0.717) is 18.8 Å². The Morgan fingerprint density at radius 3 is 2.48 bits per heavy atom. The van der Waals surface area contributed by atoms with Crippen LogP contribution in [-0.4, -0.2) is 47.0 Å². The molecule has 8 nitrogen and oxygen atoms in total. The number of hydrogen-bond acceptors (Lipinski definition) is 6. The number of ether oxygens (including phenoxy) is 1. The van der Waals surface area contributed by atoms with Crippen molar-refractivity contribution in [3.8, 4) is 17.2 Å². The molecule has 1 aromatic heterocycles. The average molecular weight is 427 g/mol. The minimum Gasteiger partial charge on any atom is -0.508 e. The third-order valence-electron chi connectivity index (χ3n) is 5.72. The summed E-state index contributed by atoms with van der Waals surface area (Å²) < 4.78 is 22.3. The number of methoxy groups -OCH3 is 1. The first-order valence-corrected chi connectivity index (χ1v) is 9.72. The lowest BCUT2D eigenvalue weighted by molar-refractivity contribution is 0.0695. The second-order valence-electron chi connectivity index (χ2n) is 7.75. The normalized spacial score (nSPS) is 18.5. The molecule has 162 valence electrons. The van der Waals surface area contributed by atoms with Gasteiger partial charge >= 0.3 is 5.97 Å². The second-order valence-corrected chi connectivity index (χ2v) is 7.75. The number of carboxylic acid groups (broad SMARTS) is 1. The van der Waals surface area contributed by atoms with Gasteiger partial charge in [-0.2, -0.15) is 0 Å². The predicted molar refractivity (Wildman–Crippen MR) is 114 cm³/mol. The molecule has 2 aromatic carbocycles. The van der Waals surface area contributed by atoms with E-state index in [9.17, 15) is 19.8 Å². The fourth-order valence-corrected chi connectivity index (χ4v) is 4.05. The second kappa shape index (κ2) is 7.59. The van der Waals surface area contributed by atoms with Crippen LogP contribution in [0.2, 0.25) is 0 Å². The van der Waals surface area contributed by atoms with Crippen LogP contribution in [0.25, 0.3) is 16.6 Å². The van der Waals surface area contributed by atoms with Crippen molar-refractivity contribution in [2.45, 2.75) is 13.0 Å². The molecule has 0 saturated carbocycles. The van der Waals surface area contributed by atoms with Crippen LogP contribution in [0.3, 0.4) is 0 Å². The molecule has 0 bridgehead atoms. The summed E-state index contributed by atoms with van der Waals surface area (Å²) in [5.41, 5.74) is 5.67. The number of carboxylic acids is 1. The predicted octanol–water partition coefficient (Wildman–Crippen LogP) is 2.33. The highest BCUT2D eigenvalue weighted by Gasteiger charge is 2.32. The van der Waals surface area contributed by atoms with E-state index in [1.165, 1.54) is 30.0 Å². The maximum Gasteiger partial charge on any atom is 0.341 e. The Hall–Kier alpha value is -3.59. The summed E-state index contributed by atoms with van der Waals surface area (Å²) in [7, 11) is 1.37. The number of pyridine rings is 1. The van der Waals surface area contributed by atoms with Crippen LogP contribution in [0.5, 0.6) is 11.5 Å². The van der Waals surface area contributed by atoms with E-state index in [1.54, 1.807) is 17.0 Å². The molecule has 4 rings (SSSR count). The highest BCUT2D eigenvalue weighted by molar-refractivity contribution is 5.97. The minimum absolute atomic E-state index is 0.0197. The molecule has 1 saturated heterocycles. The number of rotatable bonds is 4. The van der Waals surface area contributed by atoms with Gasteiger partial charge in [0.2, 0.25) is 5.43 Å². The van der Waals surface area contributed by atoms with Gasteiger partial charge in [-0.05, 0) is 36.2 Å². The van der Waals surface area contributed by atoms with Gasteiger partial charge in [0.05, 0.1) is 12.5 Å². The Morgan fingerprint density at radius 1 is 1.26 bits per heavy atom. The molecule has 4 N–H and O–H groups in total. The molecule has 1 fully saturated rings. The quantitative estimate of drug-likeness (QED) is 0.585. The molecule has 1 aliphatic heterocycles. The molecular formula is C22H22FN3O5. The lowest BCUT2D eigenvalue weighted by Crippen LogP contribution is -2.29. The number of carbonyl (C=O) groups is 1. The average Bonchev–Trinajstić information content (AvgIpc) is 3.06. The smallest absolute Gasteiger partial charge is 0.341 e. The van der Waals surface area contributed by atoms with Crippen LogP contribution in [0.1, 0.15) is 17.3 Å². The van der Waals surface area contributed by atoms with Crippen molar-refractivity contribution in [3.63, 3.8) is 0 Å². The van der Waals surface area contributed by atoms with Crippen LogP contribution < -0.4 is 20.8 Å². The number of benzene rings is 2. The standard InChI is InChI=1S/C22H22FN3O5/c1-11-8-25(10-17(11)24)19-16(23)7-14-18(21(19)31-2)26(9-15(20(14)28)22(29)30)12-3-5-13(27)6-4-12/h3-7,9,11,17,27H,8,10,24H2,1-2H3,(H,29,30)/t11-,17-/m1/s1. The maximum absolute atomic E-state index is 15.3. The van der Waals surface area contributed by atoms with Gasteiger partial charge in [-0.1, -0.05) is 6.92 Å². The molecule has 0 radical (unpaired) electrons. The SMILES string of the molecule is COc1c(N2C[C@@H](C)[C@H](N)C2)c(F)cc2c(=O)c(C(=O)O)cn(-c3ccc(O)cc3)c12. The summed E-state index contributed by atoms with van der Waals surface area (Å²) in [6.45, 7) is 2.90. The number of fused-ring (bicyclic) bond motifs is 1. The van der Waals surface area contributed by atoms with Gasteiger partial charge in [0.1, 0.15) is 22.5 Å².